The third kappa shape index (κ3) is 11.0. The van der Waals surface area contributed by atoms with Gasteiger partial charge in [0.1, 0.15) is 0 Å². The van der Waals surface area contributed by atoms with Gasteiger partial charge in [0.25, 0.3) is 0 Å². The molecule has 4 nitrogen and oxygen atoms in total. The molecule has 4 heteroatoms. The van der Waals surface area contributed by atoms with Crippen LogP contribution in [-0.2, 0) is 0 Å². The number of benzene rings is 20. The maximum absolute atomic E-state index is 5.66. The van der Waals surface area contributed by atoms with E-state index in [0.717, 1.165) is 116 Å². The molecule has 0 saturated carbocycles. The topological polar surface area (TPSA) is 51.6 Å². The molecule has 24 rings (SSSR count). The summed E-state index contributed by atoms with van der Waals surface area (Å²) in [5.41, 5.74) is 22.2. The van der Waals surface area contributed by atoms with E-state index in [0.29, 0.717) is 0 Å². The minimum atomic E-state index is 0.959. The van der Waals surface area contributed by atoms with Gasteiger partial charge in [0.05, 0.1) is 33.5 Å². The Kier molecular flexibility index (Phi) is 15.6. The number of fused-ring (bicyclic) bond motifs is 20. The molecule has 0 unspecified atom stereocenters. The minimum Gasteiger partial charge on any atom is -0.256 e. The highest BCUT2D eigenvalue weighted by Crippen LogP contribution is 2.49. The van der Waals surface area contributed by atoms with Crippen molar-refractivity contribution in [1.29, 1.82) is 0 Å². The van der Waals surface area contributed by atoms with Crippen LogP contribution in [0.2, 0.25) is 0 Å². The highest BCUT2D eigenvalue weighted by molar-refractivity contribution is 6.25. The lowest BCUT2D eigenvalue weighted by atomic mass is 9.87. The molecule has 4 aromatic heterocycles. The number of para-hydroxylation sites is 2. The van der Waals surface area contributed by atoms with E-state index < -0.39 is 0 Å². The van der Waals surface area contributed by atoms with E-state index >= 15 is 0 Å². The summed E-state index contributed by atoms with van der Waals surface area (Å²) in [6, 6.07) is 146. The molecule has 0 bridgehead atoms. The summed E-state index contributed by atoms with van der Waals surface area (Å²) >= 11 is 0. The van der Waals surface area contributed by atoms with Gasteiger partial charge in [-0.05, 0) is 225 Å². The average molecular weight is 1470 g/mol. The van der Waals surface area contributed by atoms with Crippen molar-refractivity contribution in [2.45, 2.75) is 0 Å². The lowest BCUT2D eigenvalue weighted by molar-refractivity contribution is 1.41. The summed E-state index contributed by atoms with van der Waals surface area (Å²) < 4.78 is 0. The standard InChI is InChI=1S/2C56H34N2/c1-3-17-40-38(13-1)31-50(45-21-7-5-19-43(40)45)51-33-53-49(36-28-26-35(27-29-36)42-25-11-15-37-16-12-30-57-55(37)42)34-54(58-56(53)48-24-10-9-23-47(48)51)52-32-39-14-2-4-18-41(39)44-20-6-8-22-46(44)52;1-3-15-39-37(13-1)31-50(44-19-7-5-17-42(39)44)51-33-53-49(36-27-25-35(26-28-36)41-29-30-57-54-24-12-11-22-47(41)54)34-55(58-56(53)48-23-10-9-21-46(48)51)52-32-38-14-2-4-16-40(38)43-18-6-8-20-45(43)52/h2*1-34H. The third-order valence-electron chi connectivity index (χ3n) is 24.1. The van der Waals surface area contributed by atoms with Gasteiger partial charge in [-0.1, -0.05) is 334 Å². The third-order valence-corrected chi connectivity index (χ3v) is 24.1. The van der Waals surface area contributed by atoms with Gasteiger partial charge < -0.3 is 0 Å². The smallest absolute Gasteiger partial charge is 0.0794 e. The monoisotopic (exact) mass is 1470 g/mol. The Bertz CT molecular complexity index is 7710. The summed E-state index contributed by atoms with van der Waals surface area (Å²) in [4.78, 5) is 20.7. The van der Waals surface area contributed by atoms with Crippen molar-refractivity contribution in [3.63, 3.8) is 0 Å². The molecule has 0 aliphatic heterocycles. The number of hydrogen-bond donors (Lipinski definition) is 0. The first-order valence-corrected chi connectivity index (χ1v) is 39.8. The first-order valence-electron chi connectivity index (χ1n) is 39.8. The summed E-state index contributed by atoms with van der Waals surface area (Å²) in [5, 5.41) is 29.0. The van der Waals surface area contributed by atoms with Crippen molar-refractivity contribution >= 4 is 151 Å². The molecule has 20 aromatic carbocycles. The molecule has 0 aliphatic carbocycles. The average Bonchev–Trinajstić information content (AvgIpc) is 0.729. The van der Waals surface area contributed by atoms with Gasteiger partial charge in [0, 0.05) is 61.4 Å². The zero-order chi connectivity index (χ0) is 76.3. The molecule has 0 radical (unpaired) electrons. The van der Waals surface area contributed by atoms with Crippen LogP contribution in [0.1, 0.15) is 0 Å². The van der Waals surface area contributed by atoms with Crippen LogP contribution in [0, 0.1) is 0 Å². The second-order valence-electron chi connectivity index (χ2n) is 30.5. The van der Waals surface area contributed by atoms with Gasteiger partial charge >= 0.3 is 0 Å². The van der Waals surface area contributed by atoms with E-state index in [4.69, 9.17) is 15.0 Å². The molecule has 0 N–H and O–H groups in total. The fraction of sp³-hybridized carbons (Fsp3) is 0. The van der Waals surface area contributed by atoms with E-state index in [2.05, 4.69) is 393 Å². The molecule has 536 valence electrons. The first kappa shape index (κ1) is 66.4. The van der Waals surface area contributed by atoms with Crippen molar-refractivity contribution < 1.29 is 0 Å². The molecule has 0 saturated heterocycles. The molecule has 0 fully saturated rings. The Morgan fingerprint density at radius 2 is 0.440 bits per heavy atom. The molecule has 24 aromatic rings. The van der Waals surface area contributed by atoms with E-state index in [-0.39, 0.29) is 0 Å². The van der Waals surface area contributed by atoms with Gasteiger partial charge in [-0.25, -0.2) is 9.97 Å². The molecular weight excluding hydrogens is 1400 g/mol. The molecule has 0 amide bonds. The highest BCUT2D eigenvalue weighted by atomic mass is 14.7. The Morgan fingerprint density at radius 3 is 0.862 bits per heavy atom. The van der Waals surface area contributed by atoms with Gasteiger partial charge in [-0.15, -0.1) is 0 Å². The van der Waals surface area contributed by atoms with Crippen molar-refractivity contribution in [3.8, 4) is 89.3 Å². The van der Waals surface area contributed by atoms with Gasteiger partial charge in [0.15, 0.2) is 0 Å². The second-order valence-corrected chi connectivity index (χ2v) is 30.5. The van der Waals surface area contributed by atoms with Crippen LogP contribution in [0.15, 0.2) is 413 Å². The Balaban J connectivity index is 0.000000137. The van der Waals surface area contributed by atoms with Gasteiger partial charge in [0.2, 0.25) is 0 Å². The maximum atomic E-state index is 5.66. The predicted octanol–water partition coefficient (Wildman–Crippen LogP) is 30.4. The summed E-state index contributed by atoms with van der Waals surface area (Å²) in [7, 11) is 0. The fourth-order valence-electron chi connectivity index (χ4n) is 18.7. The van der Waals surface area contributed by atoms with Crippen LogP contribution in [-0.4, -0.2) is 19.9 Å². The molecule has 0 aliphatic rings. The van der Waals surface area contributed by atoms with Crippen LogP contribution in [0.3, 0.4) is 0 Å². The van der Waals surface area contributed by atoms with Crippen molar-refractivity contribution in [2.75, 3.05) is 0 Å². The van der Waals surface area contributed by atoms with Gasteiger partial charge in [-0.2, -0.15) is 0 Å². The van der Waals surface area contributed by atoms with E-state index in [1.165, 1.54) is 125 Å². The van der Waals surface area contributed by atoms with Gasteiger partial charge in [-0.3, -0.25) is 9.97 Å². The van der Waals surface area contributed by atoms with Crippen molar-refractivity contribution in [2.24, 2.45) is 0 Å². The lowest BCUT2D eigenvalue weighted by Crippen LogP contribution is -1.95. The van der Waals surface area contributed by atoms with Crippen molar-refractivity contribution in [3.05, 3.63) is 413 Å². The molecule has 116 heavy (non-hydrogen) atoms. The molecular formula is C112H68N4. The second kappa shape index (κ2) is 27.2. The summed E-state index contributed by atoms with van der Waals surface area (Å²) in [5.74, 6) is 0. The lowest BCUT2D eigenvalue weighted by Gasteiger charge is -2.18. The molecule has 4 heterocycles. The van der Waals surface area contributed by atoms with E-state index in [1.54, 1.807) is 0 Å². The molecule has 0 spiro atoms. The van der Waals surface area contributed by atoms with Crippen LogP contribution < -0.4 is 0 Å². The van der Waals surface area contributed by atoms with E-state index in [9.17, 15) is 0 Å². The zero-order valence-electron chi connectivity index (χ0n) is 63.0. The zero-order valence-corrected chi connectivity index (χ0v) is 63.0. The summed E-state index contributed by atoms with van der Waals surface area (Å²) in [6.45, 7) is 0. The number of hydrogen-bond acceptors (Lipinski definition) is 4. The Morgan fingerprint density at radius 1 is 0.138 bits per heavy atom. The largest absolute Gasteiger partial charge is 0.256 e. The van der Waals surface area contributed by atoms with Crippen molar-refractivity contribution in [1.82, 2.24) is 19.9 Å². The maximum Gasteiger partial charge on any atom is 0.0794 e. The Labute approximate surface area is 668 Å². The fourth-order valence-corrected chi connectivity index (χ4v) is 18.7. The summed E-state index contributed by atoms with van der Waals surface area (Å²) in [6.07, 6.45) is 3.78. The number of aromatic nitrogens is 4. The number of nitrogens with zero attached hydrogens (tertiary/aromatic N) is 4. The van der Waals surface area contributed by atoms with Crippen LogP contribution in [0.4, 0.5) is 0 Å². The minimum absolute atomic E-state index is 0.959. The SMILES string of the molecule is c1ccc2c(c1)cc(-c1cc(-c3ccc(-c4ccnc5ccccc45)cc3)c3cc(-c4cc5ccccc5c5ccccc45)c4ccccc4c3n1)c1ccccc12.c1cnc2c(-c3ccc(-c4cc(-c5cc6ccccc6c6ccccc56)nc5c4cc(-c4cc6ccccc6c6ccccc46)c4ccccc45)cc3)cccc2c1. The number of pyridine rings is 4. The van der Waals surface area contributed by atoms with Crippen LogP contribution >= 0.6 is 0 Å². The normalized spacial score (nSPS) is 11.8. The number of rotatable bonds is 8. The highest BCUT2D eigenvalue weighted by Gasteiger charge is 2.24. The van der Waals surface area contributed by atoms with Crippen LogP contribution in [0.25, 0.3) is 241 Å². The van der Waals surface area contributed by atoms with Crippen LogP contribution in [0.5, 0.6) is 0 Å². The molecule has 0 atom stereocenters. The predicted molar refractivity (Wildman–Crippen MR) is 493 cm³/mol. The quantitative estimate of drug-likeness (QED) is 0.142. The van der Waals surface area contributed by atoms with E-state index in [1.807, 2.05) is 24.5 Å². The first-order chi connectivity index (χ1) is 57.5. The Hall–Kier alpha value is -15.4.